The molecule has 0 spiro atoms. The van der Waals surface area contributed by atoms with Gasteiger partial charge in [-0.25, -0.2) is 14.6 Å². The van der Waals surface area contributed by atoms with Crippen LogP contribution in [-0.2, 0) is 37.9 Å². The summed E-state index contributed by atoms with van der Waals surface area (Å²) >= 11 is 0. The highest BCUT2D eigenvalue weighted by molar-refractivity contribution is 6.06. The third kappa shape index (κ3) is 19.6. The first-order valence-corrected chi connectivity index (χ1v) is 18.4. The number of carboxylic acid groups (broad SMARTS) is 2. The van der Waals surface area contributed by atoms with Crippen LogP contribution in [0.4, 0.5) is 5.69 Å². The molecule has 0 saturated carbocycles. The number of ether oxygens (including phenoxy) is 8. The average Bonchev–Trinajstić information content (AvgIpc) is 3.22. The summed E-state index contributed by atoms with van der Waals surface area (Å²) in [7, 11) is 3.26. The topological polar surface area (TPSA) is 182 Å². The molecule has 308 valence electrons. The molecule has 15 nitrogen and oxygen atoms in total. The number of methoxy groups -OCH3 is 2. The molecule has 3 aromatic rings. The van der Waals surface area contributed by atoms with Gasteiger partial charge in [-0.1, -0.05) is 30.0 Å². The van der Waals surface area contributed by atoms with Gasteiger partial charge in [-0.15, -0.1) is 0 Å². The van der Waals surface area contributed by atoms with Crippen molar-refractivity contribution in [1.29, 1.82) is 0 Å². The number of rotatable bonds is 30. The third-order valence-corrected chi connectivity index (χ3v) is 7.83. The van der Waals surface area contributed by atoms with Crippen molar-refractivity contribution in [2.24, 2.45) is 0 Å². The highest BCUT2D eigenvalue weighted by Crippen LogP contribution is 2.17. The van der Waals surface area contributed by atoms with Crippen LogP contribution in [0.25, 0.3) is 6.08 Å². The fraction of sp³-hybridized carbons (Fsp3) is 0.429. The van der Waals surface area contributed by atoms with E-state index < -0.39 is 23.3 Å². The van der Waals surface area contributed by atoms with Crippen LogP contribution in [0, 0.1) is 11.8 Å². The number of allylic oxidation sites excluding steroid dienone is 1. The van der Waals surface area contributed by atoms with Crippen LogP contribution in [0.15, 0.2) is 66.7 Å². The number of carbonyl (C=O) groups excluding carboxylic acids is 1. The number of aromatic nitrogens is 1. The van der Waals surface area contributed by atoms with Crippen LogP contribution in [0.1, 0.15) is 48.0 Å². The van der Waals surface area contributed by atoms with Crippen molar-refractivity contribution in [3.63, 3.8) is 0 Å². The van der Waals surface area contributed by atoms with E-state index in [0.717, 1.165) is 11.3 Å². The van der Waals surface area contributed by atoms with E-state index in [2.05, 4.69) is 21.7 Å². The van der Waals surface area contributed by atoms with Gasteiger partial charge in [0.1, 0.15) is 11.4 Å². The molecule has 1 heterocycles. The summed E-state index contributed by atoms with van der Waals surface area (Å²) in [5.41, 5.74) is 2.17. The Kier molecular flexibility index (Phi) is 23.1. The smallest absolute Gasteiger partial charge is 0.354 e. The molecule has 3 rings (SSSR count). The summed E-state index contributed by atoms with van der Waals surface area (Å²) in [6.07, 6.45) is 3.24. The van der Waals surface area contributed by atoms with Gasteiger partial charge < -0.3 is 53.0 Å². The molecular formula is C42H52N2O13. The molecule has 0 aliphatic heterocycles. The molecule has 57 heavy (non-hydrogen) atoms. The Morgan fingerprint density at radius 2 is 1.00 bits per heavy atom. The van der Waals surface area contributed by atoms with Gasteiger partial charge in [0.05, 0.1) is 92.5 Å². The first kappa shape index (κ1) is 46.4. The molecule has 2 N–H and O–H groups in total. The Balaban J connectivity index is 1.52. The Morgan fingerprint density at radius 1 is 0.579 bits per heavy atom. The Bertz CT molecular complexity index is 1660. The maximum absolute atomic E-state index is 12.9. The molecule has 0 radical (unpaired) electrons. The Labute approximate surface area is 333 Å². The second kappa shape index (κ2) is 28.4. The van der Waals surface area contributed by atoms with Crippen LogP contribution < -0.4 is 4.90 Å². The summed E-state index contributed by atoms with van der Waals surface area (Å²) in [5.74, 6) is 2.70. The lowest BCUT2D eigenvalue weighted by atomic mass is 10.1. The third-order valence-electron chi connectivity index (χ3n) is 7.83. The molecule has 1 aromatic heterocycles. The van der Waals surface area contributed by atoms with Crippen molar-refractivity contribution < 1.29 is 62.5 Å². The van der Waals surface area contributed by atoms with E-state index in [-0.39, 0.29) is 11.3 Å². The predicted molar refractivity (Wildman–Crippen MR) is 211 cm³/mol. The monoisotopic (exact) mass is 792 g/mol. The van der Waals surface area contributed by atoms with Crippen LogP contribution in [-0.4, -0.2) is 153 Å². The molecule has 0 fully saturated rings. The zero-order chi connectivity index (χ0) is 40.9. The minimum absolute atomic E-state index is 0.189. The van der Waals surface area contributed by atoms with Crippen molar-refractivity contribution >= 4 is 29.5 Å². The summed E-state index contributed by atoms with van der Waals surface area (Å²) in [6.45, 7) is 8.22. The predicted octanol–water partition coefficient (Wildman–Crippen LogP) is 3.97. The molecule has 0 aliphatic carbocycles. The van der Waals surface area contributed by atoms with Gasteiger partial charge in [0, 0.05) is 49.7 Å². The van der Waals surface area contributed by atoms with Gasteiger partial charge in [0.2, 0.25) is 0 Å². The molecule has 0 amide bonds. The maximum Gasteiger partial charge on any atom is 0.354 e. The lowest BCUT2D eigenvalue weighted by Crippen LogP contribution is -2.31. The minimum Gasteiger partial charge on any atom is -0.477 e. The average molecular weight is 793 g/mol. The number of nitrogens with zero attached hydrogens (tertiary/aromatic N) is 2. The van der Waals surface area contributed by atoms with Crippen molar-refractivity contribution in [2.75, 3.05) is 125 Å². The standard InChI is InChI=1S/C42H52N2O13/c1-50-19-21-54-27-29-56-25-23-52-17-15-44(16-18-53-24-26-57-30-28-55-22-20-51-2)37-12-7-34(8-13-37)9-14-40(45)36-10-5-33(6-11-36)3-4-35-31-38(41(46)47)43-39(32-35)42(48)49/h5-14,31-32H,15-30H2,1-2H3,(H,46,47)(H,48,49). The van der Waals surface area contributed by atoms with E-state index in [1.807, 2.05) is 24.3 Å². The summed E-state index contributed by atoms with van der Waals surface area (Å²) in [4.78, 5) is 41.3. The second-order valence-electron chi connectivity index (χ2n) is 12.0. The van der Waals surface area contributed by atoms with Crippen molar-refractivity contribution in [3.05, 3.63) is 100 Å². The van der Waals surface area contributed by atoms with Crippen molar-refractivity contribution in [2.45, 2.75) is 0 Å². The van der Waals surface area contributed by atoms with E-state index in [1.54, 1.807) is 44.6 Å². The number of carboxylic acids is 2. The first-order chi connectivity index (χ1) is 27.8. The van der Waals surface area contributed by atoms with E-state index in [4.69, 9.17) is 37.9 Å². The highest BCUT2D eigenvalue weighted by Gasteiger charge is 2.13. The van der Waals surface area contributed by atoms with E-state index in [0.29, 0.717) is 117 Å². The summed E-state index contributed by atoms with van der Waals surface area (Å²) in [5, 5.41) is 18.5. The van der Waals surface area contributed by atoms with Crippen LogP contribution in [0.2, 0.25) is 0 Å². The first-order valence-electron chi connectivity index (χ1n) is 18.4. The Hall–Kier alpha value is -5.02. The van der Waals surface area contributed by atoms with Crippen LogP contribution >= 0.6 is 0 Å². The number of hydrogen-bond donors (Lipinski definition) is 2. The van der Waals surface area contributed by atoms with E-state index in [9.17, 15) is 24.6 Å². The van der Waals surface area contributed by atoms with Gasteiger partial charge in [-0.2, -0.15) is 0 Å². The van der Waals surface area contributed by atoms with Gasteiger partial charge in [0.25, 0.3) is 0 Å². The number of carbonyl (C=O) groups is 3. The molecule has 0 aliphatic rings. The zero-order valence-electron chi connectivity index (χ0n) is 32.5. The minimum atomic E-state index is -1.36. The summed E-state index contributed by atoms with van der Waals surface area (Å²) < 4.78 is 43.5. The highest BCUT2D eigenvalue weighted by atomic mass is 16.6. The number of benzene rings is 2. The van der Waals surface area contributed by atoms with Gasteiger partial charge in [0.15, 0.2) is 5.78 Å². The van der Waals surface area contributed by atoms with E-state index >= 15 is 0 Å². The van der Waals surface area contributed by atoms with Crippen molar-refractivity contribution in [3.8, 4) is 11.8 Å². The summed E-state index contributed by atoms with van der Waals surface area (Å²) in [6, 6.07) is 16.8. The molecule has 0 bridgehead atoms. The van der Waals surface area contributed by atoms with Crippen LogP contribution in [0.3, 0.4) is 0 Å². The molecule has 0 saturated heterocycles. The number of pyridine rings is 1. The molecule has 0 atom stereocenters. The van der Waals surface area contributed by atoms with Gasteiger partial charge >= 0.3 is 11.9 Å². The lowest BCUT2D eigenvalue weighted by Gasteiger charge is -2.25. The molecular weight excluding hydrogens is 740 g/mol. The largest absolute Gasteiger partial charge is 0.477 e. The Morgan fingerprint density at radius 3 is 1.44 bits per heavy atom. The number of ketones is 1. The zero-order valence-corrected chi connectivity index (χ0v) is 32.5. The number of aromatic carboxylic acids is 2. The fourth-order valence-corrected chi connectivity index (χ4v) is 4.84. The quantitative estimate of drug-likeness (QED) is 0.0428. The fourth-order valence-electron chi connectivity index (χ4n) is 4.84. The molecule has 0 unspecified atom stereocenters. The van der Waals surface area contributed by atoms with Crippen molar-refractivity contribution in [1.82, 2.24) is 4.98 Å². The molecule has 2 aromatic carbocycles. The second-order valence-corrected chi connectivity index (χ2v) is 12.0. The number of anilines is 1. The van der Waals surface area contributed by atoms with Gasteiger partial charge in [-0.05, 0) is 60.2 Å². The van der Waals surface area contributed by atoms with Crippen LogP contribution in [0.5, 0.6) is 0 Å². The molecule has 15 heteroatoms. The van der Waals surface area contributed by atoms with E-state index in [1.165, 1.54) is 18.2 Å². The lowest BCUT2D eigenvalue weighted by molar-refractivity contribution is 0.00301. The van der Waals surface area contributed by atoms with Gasteiger partial charge in [-0.3, -0.25) is 4.79 Å². The SMILES string of the molecule is COCCOCCOCCOCCN(CCOCCOCCOCCOC)c1ccc(C=CC(=O)c2ccc(C#Cc3cc(C(=O)O)nc(C(=O)O)c3)cc2)cc1. The number of hydrogen-bond acceptors (Lipinski definition) is 13. The maximum atomic E-state index is 12.9. The normalized spacial score (nSPS) is 11.1.